The second-order valence-corrected chi connectivity index (χ2v) is 7.10. The minimum Gasteiger partial charge on any atom is -0.0982 e. The first-order valence-electron chi connectivity index (χ1n) is 5.05. The van der Waals surface area contributed by atoms with Crippen molar-refractivity contribution in [1.82, 2.24) is 0 Å². The third-order valence-electron chi connectivity index (χ3n) is 4.20. The van der Waals surface area contributed by atoms with E-state index in [1.807, 2.05) is 0 Å². The molecule has 4 aliphatic carbocycles. The summed E-state index contributed by atoms with van der Waals surface area (Å²) in [6, 6.07) is 0. The minimum atomic E-state index is 0.534. The van der Waals surface area contributed by atoms with Crippen molar-refractivity contribution in [2.75, 3.05) is 0 Å². The van der Waals surface area contributed by atoms with Gasteiger partial charge in [0.2, 0.25) is 0 Å². The molecule has 4 aliphatic rings. The largest absolute Gasteiger partial charge is 0.0982 e. The molecule has 4 atom stereocenters. The Morgan fingerprint density at radius 2 is 1.75 bits per heavy atom. The van der Waals surface area contributed by atoms with E-state index in [4.69, 9.17) is 0 Å². The molecular formula is C11H15I. The minimum absolute atomic E-state index is 0.534. The van der Waals surface area contributed by atoms with Gasteiger partial charge in [0, 0.05) is 3.42 Å². The van der Waals surface area contributed by atoms with Crippen LogP contribution in [0, 0.1) is 17.8 Å². The Kier molecular flexibility index (Phi) is 1.49. The molecule has 2 unspecified atom stereocenters. The van der Waals surface area contributed by atoms with Gasteiger partial charge >= 0.3 is 0 Å². The number of allylic oxidation sites excluding steroid dienone is 1. The van der Waals surface area contributed by atoms with Crippen molar-refractivity contribution in [2.24, 2.45) is 17.8 Å². The van der Waals surface area contributed by atoms with E-state index in [1.54, 1.807) is 5.57 Å². The van der Waals surface area contributed by atoms with Gasteiger partial charge in [-0.3, -0.25) is 0 Å². The molecule has 12 heavy (non-hydrogen) atoms. The molecule has 4 fully saturated rings. The molecule has 4 saturated carbocycles. The van der Waals surface area contributed by atoms with Crippen molar-refractivity contribution in [3.63, 3.8) is 0 Å². The van der Waals surface area contributed by atoms with E-state index in [-0.39, 0.29) is 0 Å². The zero-order valence-electron chi connectivity index (χ0n) is 7.35. The highest BCUT2D eigenvalue weighted by Crippen LogP contribution is 2.61. The molecule has 0 aromatic carbocycles. The Morgan fingerprint density at radius 3 is 2.25 bits per heavy atom. The van der Waals surface area contributed by atoms with E-state index in [1.165, 1.54) is 32.1 Å². The van der Waals surface area contributed by atoms with Crippen LogP contribution in [-0.4, -0.2) is 3.42 Å². The molecule has 0 heterocycles. The lowest BCUT2D eigenvalue weighted by Crippen LogP contribution is -2.48. The number of alkyl halides is 1. The van der Waals surface area contributed by atoms with E-state index >= 15 is 0 Å². The van der Waals surface area contributed by atoms with Crippen molar-refractivity contribution < 1.29 is 0 Å². The van der Waals surface area contributed by atoms with Crippen LogP contribution in [0.2, 0.25) is 0 Å². The second kappa shape index (κ2) is 2.28. The third-order valence-corrected chi connectivity index (χ3v) is 5.77. The van der Waals surface area contributed by atoms with E-state index in [9.17, 15) is 0 Å². The van der Waals surface area contributed by atoms with Crippen LogP contribution in [0.1, 0.15) is 32.1 Å². The van der Waals surface area contributed by atoms with Gasteiger partial charge in [-0.15, -0.1) is 0 Å². The summed E-state index contributed by atoms with van der Waals surface area (Å²) in [6.07, 6.45) is 7.37. The number of halogens is 1. The molecule has 1 heteroatoms. The molecule has 0 aromatic rings. The summed E-state index contributed by atoms with van der Waals surface area (Å²) in [4.78, 5) is 0. The smallest absolute Gasteiger partial charge is 0.0435 e. The van der Waals surface area contributed by atoms with Crippen LogP contribution in [0.5, 0.6) is 0 Å². The lowest BCUT2D eigenvalue weighted by atomic mass is 9.54. The first-order valence-corrected chi connectivity index (χ1v) is 6.13. The second-order valence-electron chi connectivity index (χ2n) is 5.03. The Balaban J connectivity index is 2.02. The number of hydrogen-bond acceptors (Lipinski definition) is 0. The fourth-order valence-electron chi connectivity index (χ4n) is 3.81. The third kappa shape index (κ3) is 0.891. The number of rotatable bonds is 0. The molecule has 0 aliphatic heterocycles. The molecule has 0 spiro atoms. The first kappa shape index (κ1) is 7.84. The molecule has 0 saturated heterocycles. The van der Waals surface area contributed by atoms with Crippen LogP contribution in [0.15, 0.2) is 12.2 Å². The molecule has 0 amide bonds. The zero-order valence-corrected chi connectivity index (χ0v) is 9.51. The van der Waals surface area contributed by atoms with Gasteiger partial charge in [0.05, 0.1) is 0 Å². The van der Waals surface area contributed by atoms with Gasteiger partial charge in [-0.05, 0) is 49.9 Å². The maximum absolute atomic E-state index is 4.32. The van der Waals surface area contributed by atoms with Crippen molar-refractivity contribution in [2.45, 2.75) is 35.5 Å². The van der Waals surface area contributed by atoms with Crippen LogP contribution < -0.4 is 0 Å². The van der Waals surface area contributed by atoms with Crippen LogP contribution in [0.3, 0.4) is 0 Å². The summed E-state index contributed by atoms with van der Waals surface area (Å²) in [5, 5.41) is 0. The highest BCUT2D eigenvalue weighted by atomic mass is 127. The molecular weight excluding hydrogens is 259 g/mol. The summed E-state index contributed by atoms with van der Waals surface area (Å²) < 4.78 is 0.534. The maximum Gasteiger partial charge on any atom is 0.0435 e. The predicted molar refractivity (Wildman–Crippen MR) is 59.4 cm³/mol. The van der Waals surface area contributed by atoms with Crippen molar-refractivity contribution in [3.8, 4) is 0 Å². The Hall–Kier alpha value is 0.470. The van der Waals surface area contributed by atoms with E-state index in [0.29, 0.717) is 3.42 Å². The van der Waals surface area contributed by atoms with Crippen LogP contribution in [0.25, 0.3) is 0 Å². The predicted octanol–water partition coefficient (Wildman–Crippen LogP) is 3.56. The highest BCUT2D eigenvalue weighted by molar-refractivity contribution is 14.1. The molecule has 0 nitrogen and oxygen atoms in total. The monoisotopic (exact) mass is 274 g/mol. The quantitative estimate of drug-likeness (QED) is 0.360. The van der Waals surface area contributed by atoms with Crippen LogP contribution in [0.4, 0.5) is 0 Å². The fourth-order valence-corrected chi connectivity index (χ4v) is 5.50. The summed E-state index contributed by atoms with van der Waals surface area (Å²) >= 11 is 2.69. The van der Waals surface area contributed by atoms with Gasteiger partial charge in [-0.2, -0.15) is 0 Å². The van der Waals surface area contributed by atoms with Gasteiger partial charge in [0.15, 0.2) is 0 Å². The molecule has 0 N–H and O–H groups in total. The van der Waals surface area contributed by atoms with E-state index in [0.717, 1.165) is 17.8 Å². The van der Waals surface area contributed by atoms with Gasteiger partial charge in [-0.25, -0.2) is 0 Å². The van der Waals surface area contributed by atoms with Crippen molar-refractivity contribution in [1.29, 1.82) is 0 Å². The molecule has 0 aromatic heterocycles. The average molecular weight is 274 g/mol. The van der Waals surface area contributed by atoms with Gasteiger partial charge in [0.25, 0.3) is 0 Å². The molecule has 66 valence electrons. The first-order chi connectivity index (χ1) is 5.67. The highest BCUT2D eigenvalue weighted by Gasteiger charge is 2.51. The Labute approximate surface area is 87.9 Å². The Morgan fingerprint density at radius 1 is 1.17 bits per heavy atom. The lowest BCUT2D eigenvalue weighted by Gasteiger charge is -2.55. The number of hydrogen-bond donors (Lipinski definition) is 0. The van der Waals surface area contributed by atoms with Crippen molar-refractivity contribution in [3.05, 3.63) is 12.2 Å². The van der Waals surface area contributed by atoms with Crippen molar-refractivity contribution >= 4 is 22.6 Å². The standard InChI is InChI=1S/C11H15I/c1-7-10-3-8-2-9(4-10)6-11(7,12)5-8/h8-10H,1-6H2/t8-,9+,10?,11?. The Bertz CT molecular complexity index is 229. The van der Waals surface area contributed by atoms with E-state index in [2.05, 4.69) is 29.2 Å². The van der Waals surface area contributed by atoms with Gasteiger partial charge in [-0.1, -0.05) is 34.7 Å². The maximum atomic E-state index is 4.32. The van der Waals surface area contributed by atoms with Crippen LogP contribution in [-0.2, 0) is 0 Å². The molecule has 0 radical (unpaired) electrons. The summed E-state index contributed by atoms with van der Waals surface area (Å²) in [5.74, 6) is 3.03. The molecule has 4 rings (SSSR count). The van der Waals surface area contributed by atoms with Gasteiger partial charge in [0.1, 0.15) is 0 Å². The van der Waals surface area contributed by atoms with E-state index < -0.39 is 0 Å². The summed E-state index contributed by atoms with van der Waals surface area (Å²) in [6.45, 7) is 4.32. The zero-order chi connectivity index (χ0) is 8.34. The lowest BCUT2D eigenvalue weighted by molar-refractivity contribution is 0.0929. The van der Waals surface area contributed by atoms with Crippen LogP contribution >= 0.6 is 22.6 Å². The molecule has 4 bridgehead atoms. The fraction of sp³-hybridized carbons (Fsp3) is 0.818. The average Bonchev–Trinajstić information content (AvgIpc) is 1.98. The normalized spacial score (nSPS) is 56.4. The summed E-state index contributed by atoms with van der Waals surface area (Å²) in [5.41, 5.74) is 1.59. The summed E-state index contributed by atoms with van der Waals surface area (Å²) in [7, 11) is 0. The SMILES string of the molecule is C=C1C2C[C@@H]3C[C@H](C2)CC1(I)C3. The topological polar surface area (TPSA) is 0 Å². The van der Waals surface area contributed by atoms with Gasteiger partial charge < -0.3 is 0 Å².